The summed E-state index contributed by atoms with van der Waals surface area (Å²) < 4.78 is 32.0. The van der Waals surface area contributed by atoms with Crippen LogP contribution >= 0.6 is 0 Å². The van der Waals surface area contributed by atoms with Gasteiger partial charge in [-0.1, -0.05) is 44.2 Å². The topological polar surface area (TPSA) is 59.0 Å². The molecule has 0 aliphatic rings. The first-order valence-electron chi connectivity index (χ1n) is 7.80. The fourth-order valence-electron chi connectivity index (χ4n) is 2.33. The van der Waals surface area contributed by atoms with Crippen molar-refractivity contribution >= 4 is 21.9 Å². The van der Waals surface area contributed by atoms with Gasteiger partial charge in [0, 0.05) is 19.3 Å². The van der Waals surface area contributed by atoms with Crippen LogP contribution in [0.5, 0.6) is 5.75 Å². The summed E-state index contributed by atoms with van der Waals surface area (Å²) in [4.78, 5) is 4.61. The van der Waals surface area contributed by atoms with Gasteiger partial charge in [0.25, 0.3) is 0 Å². The van der Waals surface area contributed by atoms with Gasteiger partial charge in [-0.15, -0.1) is 0 Å². The first-order chi connectivity index (χ1) is 11.5. The number of aliphatic imine (C=N–C) groups is 1. The molecule has 0 aliphatic carbocycles. The zero-order valence-electron chi connectivity index (χ0n) is 14.1. The van der Waals surface area contributed by atoms with Gasteiger partial charge in [0.05, 0.1) is 12.0 Å². The molecule has 6 heteroatoms. The summed E-state index contributed by atoms with van der Waals surface area (Å²) in [5.74, 6) is 0.528. The second-order valence-electron chi connectivity index (χ2n) is 5.09. The average molecular weight is 346 g/mol. The summed E-state index contributed by atoms with van der Waals surface area (Å²) >= 11 is 0. The molecule has 0 saturated carbocycles. The van der Waals surface area contributed by atoms with E-state index in [0.717, 1.165) is 5.56 Å². The normalized spacial score (nSPS) is 12.0. The lowest BCUT2D eigenvalue weighted by Gasteiger charge is -2.19. The van der Waals surface area contributed by atoms with E-state index >= 15 is 0 Å². The van der Waals surface area contributed by atoms with Crippen molar-refractivity contribution in [2.45, 2.75) is 18.7 Å². The van der Waals surface area contributed by atoms with Gasteiger partial charge in [-0.3, -0.25) is 4.99 Å². The number of rotatable bonds is 7. The number of methoxy groups -OCH3 is 1. The highest BCUT2D eigenvalue weighted by atomic mass is 32.2. The molecule has 0 N–H and O–H groups in total. The van der Waals surface area contributed by atoms with Gasteiger partial charge in [0.2, 0.25) is 10.0 Å². The number of benzene rings is 2. The van der Waals surface area contributed by atoms with Crippen LogP contribution in [0.1, 0.15) is 19.4 Å². The number of hydrogen-bond donors (Lipinski definition) is 0. The zero-order valence-corrected chi connectivity index (χ0v) is 15.0. The summed E-state index contributed by atoms with van der Waals surface area (Å²) in [7, 11) is -1.99. The Morgan fingerprint density at radius 2 is 1.75 bits per heavy atom. The van der Waals surface area contributed by atoms with Crippen molar-refractivity contribution in [2.75, 3.05) is 20.2 Å². The molecule has 5 nitrogen and oxygen atoms in total. The van der Waals surface area contributed by atoms with Crippen molar-refractivity contribution in [3.63, 3.8) is 0 Å². The van der Waals surface area contributed by atoms with E-state index in [1.807, 2.05) is 44.2 Å². The van der Waals surface area contributed by atoms with Crippen LogP contribution in [0.3, 0.4) is 0 Å². The first kappa shape index (κ1) is 18.2. The number of ether oxygens (including phenoxy) is 1. The molecule has 0 saturated heterocycles. The van der Waals surface area contributed by atoms with Crippen molar-refractivity contribution in [3.8, 4) is 5.75 Å². The van der Waals surface area contributed by atoms with Gasteiger partial charge in [-0.05, 0) is 23.8 Å². The predicted molar refractivity (Wildman–Crippen MR) is 96.8 cm³/mol. The van der Waals surface area contributed by atoms with Crippen molar-refractivity contribution in [2.24, 2.45) is 4.99 Å². The SMILES string of the molecule is CCN(CC)S(=O)(=O)c1ccc(OC)c(N=Cc2ccccc2)c1. The molecular formula is C18H22N2O3S. The fourth-order valence-corrected chi connectivity index (χ4v) is 3.81. The summed E-state index contributed by atoms with van der Waals surface area (Å²) in [5.41, 5.74) is 1.41. The molecule has 0 amide bonds. The van der Waals surface area contributed by atoms with Crippen LogP contribution in [-0.2, 0) is 10.0 Å². The largest absolute Gasteiger partial charge is 0.494 e. The van der Waals surface area contributed by atoms with Crippen LogP contribution in [0.2, 0.25) is 0 Å². The Balaban J connectivity index is 2.43. The number of sulfonamides is 1. The molecule has 128 valence electrons. The molecule has 0 atom stereocenters. The van der Waals surface area contributed by atoms with Crippen LogP contribution in [0.25, 0.3) is 0 Å². The van der Waals surface area contributed by atoms with Gasteiger partial charge in [0.15, 0.2) is 0 Å². The Labute approximate surface area is 143 Å². The van der Waals surface area contributed by atoms with E-state index in [1.54, 1.807) is 24.4 Å². The van der Waals surface area contributed by atoms with Crippen LogP contribution < -0.4 is 4.74 Å². The van der Waals surface area contributed by atoms with Gasteiger partial charge < -0.3 is 4.74 Å². The lowest BCUT2D eigenvalue weighted by atomic mass is 10.2. The molecule has 0 bridgehead atoms. The molecule has 24 heavy (non-hydrogen) atoms. The van der Waals surface area contributed by atoms with E-state index in [9.17, 15) is 8.42 Å². The van der Waals surface area contributed by atoms with Gasteiger partial charge in [0.1, 0.15) is 11.4 Å². The van der Waals surface area contributed by atoms with E-state index < -0.39 is 10.0 Å². The third-order valence-corrected chi connectivity index (χ3v) is 5.69. The minimum Gasteiger partial charge on any atom is -0.494 e. The van der Waals surface area contributed by atoms with Crippen molar-refractivity contribution in [1.82, 2.24) is 4.31 Å². The van der Waals surface area contributed by atoms with E-state index in [-0.39, 0.29) is 4.90 Å². The molecule has 0 heterocycles. The highest BCUT2D eigenvalue weighted by molar-refractivity contribution is 7.89. The summed E-state index contributed by atoms with van der Waals surface area (Å²) in [6.07, 6.45) is 1.69. The lowest BCUT2D eigenvalue weighted by Crippen LogP contribution is -2.30. The van der Waals surface area contributed by atoms with Crippen LogP contribution in [0, 0.1) is 0 Å². The van der Waals surface area contributed by atoms with Crippen LogP contribution in [-0.4, -0.2) is 39.1 Å². The fraction of sp³-hybridized carbons (Fsp3) is 0.278. The first-order valence-corrected chi connectivity index (χ1v) is 9.24. The Morgan fingerprint density at radius 1 is 1.08 bits per heavy atom. The lowest BCUT2D eigenvalue weighted by molar-refractivity contribution is 0.415. The summed E-state index contributed by atoms with van der Waals surface area (Å²) in [6, 6.07) is 14.3. The van der Waals surface area contributed by atoms with Gasteiger partial charge in [-0.25, -0.2) is 8.42 Å². The molecule has 0 radical (unpaired) electrons. The standard InChI is InChI=1S/C18H22N2O3S/c1-4-20(5-2)24(21,22)16-11-12-18(23-3)17(13-16)19-14-15-9-7-6-8-10-15/h6-14H,4-5H2,1-3H3. The second kappa shape index (κ2) is 8.08. The van der Waals surface area contributed by atoms with Crippen LogP contribution in [0.4, 0.5) is 5.69 Å². The summed E-state index contributed by atoms with van der Waals surface area (Å²) in [6.45, 7) is 4.49. The van der Waals surface area contributed by atoms with Crippen molar-refractivity contribution in [1.29, 1.82) is 0 Å². The predicted octanol–water partition coefficient (Wildman–Crippen LogP) is 3.48. The number of nitrogens with zero attached hydrogens (tertiary/aromatic N) is 2. The second-order valence-corrected chi connectivity index (χ2v) is 7.03. The monoisotopic (exact) mass is 346 g/mol. The van der Waals surface area contributed by atoms with E-state index in [1.165, 1.54) is 11.4 Å². The molecular weight excluding hydrogens is 324 g/mol. The van der Waals surface area contributed by atoms with Crippen LogP contribution in [0.15, 0.2) is 58.4 Å². The third-order valence-electron chi connectivity index (χ3n) is 3.65. The number of hydrogen-bond acceptors (Lipinski definition) is 4. The van der Waals surface area contributed by atoms with E-state index in [2.05, 4.69) is 4.99 Å². The quantitative estimate of drug-likeness (QED) is 0.721. The summed E-state index contributed by atoms with van der Waals surface area (Å²) in [5, 5.41) is 0. The minimum atomic E-state index is -3.53. The van der Waals surface area contributed by atoms with Gasteiger partial charge in [-0.2, -0.15) is 4.31 Å². The minimum absolute atomic E-state index is 0.215. The maximum absolute atomic E-state index is 12.7. The highest BCUT2D eigenvalue weighted by Gasteiger charge is 2.22. The Kier molecular flexibility index (Phi) is 6.11. The zero-order chi connectivity index (χ0) is 17.6. The molecule has 0 spiro atoms. The molecule has 0 aromatic heterocycles. The van der Waals surface area contributed by atoms with Crippen molar-refractivity contribution < 1.29 is 13.2 Å². The third kappa shape index (κ3) is 4.01. The van der Waals surface area contributed by atoms with E-state index in [4.69, 9.17) is 4.74 Å². The smallest absolute Gasteiger partial charge is 0.243 e. The maximum atomic E-state index is 12.7. The Hall–Kier alpha value is -2.18. The molecule has 0 unspecified atom stereocenters. The van der Waals surface area contributed by atoms with Gasteiger partial charge >= 0.3 is 0 Å². The Morgan fingerprint density at radius 3 is 2.33 bits per heavy atom. The Bertz CT molecular complexity index is 798. The molecule has 2 aromatic carbocycles. The highest BCUT2D eigenvalue weighted by Crippen LogP contribution is 2.31. The average Bonchev–Trinajstić information content (AvgIpc) is 2.61. The van der Waals surface area contributed by atoms with Crippen molar-refractivity contribution in [3.05, 3.63) is 54.1 Å². The maximum Gasteiger partial charge on any atom is 0.243 e. The molecule has 0 aliphatic heterocycles. The molecule has 0 fully saturated rings. The molecule has 2 rings (SSSR count). The molecule has 2 aromatic rings. The van der Waals surface area contributed by atoms with E-state index in [0.29, 0.717) is 24.5 Å².